The van der Waals surface area contributed by atoms with Gasteiger partial charge in [-0.05, 0) is 19.3 Å². The van der Waals surface area contributed by atoms with E-state index in [-0.39, 0.29) is 17.4 Å². The van der Waals surface area contributed by atoms with Crippen LogP contribution in [0.1, 0.15) is 51.9 Å². The van der Waals surface area contributed by atoms with Crippen molar-refractivity contribution in [2.75, 3.05) is 20.2 Å². The molecule has 1 amide bonds. The van der Waals surface area contributed by atoms with Gasteiger partial charge < -0.3 is 15.4 Å². The van der Waals surface area contributed by atoms with Crippen molar-refractivity contribution in [3.05, 3.63) is 0 Å². The molecule has 2 N–H and O–H groups in total. The van der Waals surface area contributed by atoms with Crippen LogP contribution in [0.25, 0.3) is 0 Å². The monoisotopic (exact) mass is 314 g/mol. The van der Waals surface area contributed by atoms with E-state index in [4.69, 9.17) is 18.0 Å². The van der Waals surface area contributed by atoms with E-state index in [1.54, 1.807) is 4.90 Å². The number of nitrogens with zero attached hydrogens (tertiary/aromatic N) is 1. The second kappa shape index (κ2) is 8.32. The Morgan fingerprint density at radius 2 is 1.81 bits per heavy atom. The van der Waals surface area contributed by atoms with Crippen LogP contribution < -0.4 is 5.73 Å². The summed E-state index contributed by atoms with van der Waals surface area (Å²) in [4.78, 5) is 26.4. The Kier molecular flexibility index (Phi) is 7.08. The summed E-state index contributed by atoms with van der Waals surface area (Å²) in [5.41, 5.74) is 5.15. The molecule has 0 aromatic heterocycles. The highest BCUT2D eigenvalue weighted by molar-refractivity contribution is 7.80. The molecule has 0 aromatic carbocycles. The topological polar surface area (TPSA) is 72.6 Å². The first-order valence-corrected chi connectivity index (χ1v) is 8.05. The molecule has 0 bridgehead atoms. The van der Waals surface area contributed by atoms with Crippen molar-refractivity contribution in [3.8, 4) is 0 Å². The number of methoxy groups -OCH3 is 1. The predicted octanol–water partition coefficient (Wildman–Crippen LogP) is 2.02. The van der Waals surface area contributed by atoms with Crippen LogP contribution in [0.15, 0.2) is 0 Å². The van der Waals surface area contributed by atoms with Crippen LogP contribution in [0.2, 0.25) is 0 Å². The molecular weight excluding hydrogens is 288 g/mol. The van der Waals surface area contributed by atoms with Gasteiger partial charge in [0.05, 0.1) is 17.5 Å². The highest BCUT2D eigenvalue weighted by Crippen LogP contribution is 2.37. The number of carbonyl (C=O) groups is 2. The molecule has 5 nitrogen and oxygen atoms in total. The molecule has 1 aliphatic rings. The van der Waals surface area contributed by atoms with E-state index in [2.05, 4.69) is 4.74 Å². The maximum atomic E-state index is 13.0. The quantitative estimate of drug-likeness (QED) is 0.461. The third-order valence-electron chi connectivity index (χ3n) is 4.17. The molecule has 0 aliphatic heterocycles. The van der Waals surface area contributed by atoms with Crippen LogP contribution >= 0.6 is 12.2 Å². The van der Waals surface area contributed by atoms with Gasteiger partial charge in [0, 0.05) is 6.54 Å². The molecule has 0 saturated heterocycles. The van der Waals surface area contributed by atoms with Crippen LogP contribution in [0.3, 0.4) is 0 Å². The Labute approximate surface area is 132 Å². The Morgan fingerprint density at radius 1 is 1.24 bits per heavy atom. The van der Waals surface area contributed by atoms with E-state index in [0.717, 1.165) is 32.1 Å². The number of carbonyl (C=O) groups excluding carboxylic acids is 2. The minimum Gasteiger partial charge on any atom is -0.468 e. The summed E-state index contributed by atoms with van der Waals surface area (Å²) in [5.74, 6) is -0.521. The molecule has 1 fully saturated rings. The Bertz CT molecular complexity index is 390. The van der Waals surface area contributed by atoms with Gasteiger partial charge in [0.1, 0.15) is 6.54 Å². The number of nitrogens with two attached hydrogens (primary N) is 1. The fourth-order valence-electron chi connectivity index (χ4n) is 2.94. The average Bonchev–Trinajstić information content (AvgIpc) is 2.72. The summed E-state index contributed by atoms with van der Waals surface area (Å²) in [7, 11) is 1.33. The summed E-state index contributed by atoms with van der Waals surface area (Å²) >= 11 is 5.22. The molecule has 0 radical (unpaired) electrons. The van der Waals surface area contributed by atoms with E-state index < -0.39 is 11.4 Å². The van der Waals surface area contributed by atoms with Crippen molar-refractivity contribution in [3.63, 3.8) is 0 Å². The van der Waals surface area contributed by atoms with Gasteiger partial charge in [-0.2, -0.15) is 0 Å². The predicted molar refractivity (Wildman–Crippen MR) is 85.8 cm³/mol. The van der Waals surface area contributed by atoms with Crippen molar-refractivity contribution in [2.24, 2.45) is 11.1 Å². The van der Waals surface area contributed by atoms with Crippen molar-refractivity contribution in [2.45, 2.75) is 51.9 Å². The minimum atomic E-state index is -0.783. The zero-order valence-corrected chi connectivity index (χ0v) is 13.8. The van der Waals surface area contributed by atoms with Gasteiger partial charge in [-0.25, -0.2) is 0 Å². The SMILES string of the molecule is CCCN(CC(=O)OC)C(=O)C1(C(N)=S)CCCCCC1. The first-order valence-electron chi connectivity index (χ1n) is 7.64. The standard InChI is InChI=1S/C15H26N2O3S/c1-3-10-17(11-12(18)20-2)14(19)15(13(16)21)8-6-4-5-7-9-15/h3-11H2,1-2H3,(H2,16,21). The lowest BCUT2D eigenvalue weighted by Crippen LogP contribution is -2.52. The molecule has 1 aliphatic carbocycles. The largest absolute Gasteiger partial charge is 0.468 e. The molecule has 0 unspecified atom stereocenters. The van der Waals surface area contributed by atoms with Crippen LogP contribution in [-0.4, -0.2) is 42.0 Å². The van der Waals surface area contributed by atoms with E-state index in [0.29, 0.717) is 19.4 Å². The summed E-state index contributed by atoms with van der Waals surface area (Å²) in [6.07, 6.45) is 6.23. The molecule has 21 heavy (non-hydrogen) atoms. The first-order chi connectivity index (χ1) is 9.97. The van der Waals surface area contributed by atoms with Crippen LogP contribution in [0.5, 0.6) is 0 Å². The van der Waals surface area contributed by atoms with E-state index in [1.165, 1.54) is 7.11 Å². The zero-order chi connectivity index (χ0) is 15.9. The van der Waals surface area contributed by atoms with Crippen molar-refractivity contribution < 1.29 is 14.3 Å². The molecular formula is C15H26N2O3S. The van der Waals surface area contributed by atoms with E-state index in [1.807, 2.05) is 6.92 Å². The van der Waals surface area contributed by atoms with Crippen molar-refractivity contribution in [1.82, 2.24) is 4.90 Å². The van der Waals surface area contributed by atoms with Crippen molar-refractivity contribution in [1.29, 1.82) is 0 Å². The fourth-order valence-corrected chi connectivity index (χ4v) is 3.23. The first kappa shape index (κ1) is 17.9. The fraction of sp³-hybridized carbons (Fsp3) is 0.800. The Hall–Kier alpha value is -1.17. The average molecular weight is 314 g/mol. The number of esters is 1. The van der Waals surface area contributed by atoms with Gasteiger partial charge in [-0.1, -0.05) is 44.8 Å². The smallest absolute Gasteiger partial charge is 0.325 e. The number of rotatable bonds is 6. The Balaban J connectivity index is 2.99. The highest BCUT2D eigenvalue weighted by Gasteiger charge is 2.44. The molecule has 120 valence electrons. The number of amides is 1. The van der Waals surface area contributed by atoms with Crippen molar-refractivity contribution >= 4 is 29.1 Å². The van der Waals surface area contributed by atoms with Crippen LogP contribution in [-0.2, 0) is 14.3 Å². The molecule has 0 spiro atoms. The van der Waals surface area contributed by atoms with Crippen LogP contribution in [0.4, 0.5) is 0 Å². The summed E-state index contributed by atoms with van der Waals surface area (Å²) < 4.78 is 4.69. The van der Waals surface area contributed by atoms with Gasteiger partial charge in [-0.15, -0.1) is 0 Å². The van der Waals surface area contributed by atoms with E-state index in [9.17, 15) is 9.59 Å². The number of ether oxygens (including phenoxy) is 1. The molecule has 6 heteroatoms. The van der Waals surface area contributed by atoms with E-state index >= 15 is 0 Å². The summed E-state index contributed by atoms with van der Waals surface area (Å²) in [5, 5.41) is 0. The minimum absolute atomic E-state index is 0.0342. The molecule has 0 atom stereocenters. The number of hydrogen-bond acceptors (Lipinski definition) is 4. The van der Waals surface area contributed by atoms with Gasteiger partial charge in [0.15, 0.2) is 0 Å². The van der Waals surface area contributed by atoms with Gasteiger partial charge in [0.25, 0.3) is 0 Å². The molecule has 0 aromatic rings. The van der Waals surface area contributed by atoms with Gasteiger partial charge in [0.2, 0.25) is 5.91 Å². The zero-order valence-electron chi connectivity index (χ0n) is 13.0. The normalized spacial score (nSPS) is 17.6. The number of hydrogen-bond donors (Lipinski definition) is 1. The van der Waals surface area contributed by atoms with Gasteiger partial charge in [-0.3, -0.25) is 9.59 Å². The summed E-state index contributed by atoms with van der Waals surface area (Å²) in [6.45, 7) is 2.45. The maximum absolute atomic E-state index is 13.0. The number of thiocarbonyl (C=S) groups is 1. The third kappa shape index (κ3) is 4.40. The lowest BCUT2D eigenvalue weighted by Gasteiger charge is -2.35. The molecule has 1 saturated carbocycles. The summed E-state index contributed by atoms with van der Waals surface area (Å²) in [6, 6.07) is 0. The highest BCUT2D eigenvalue weighted by atomic mass is 32.1. The maximum Gasteiger partial charge on any atom is 0.325 e. The third-order valence-corrected chi connectivity index (χ3v) is 4.56. The second-order valence-electron chi connectivity index (χ2n) is 5.66. The lowest BCUT2D eigenvalue weighted by molar-refractivity contribution is -0.150. The molecule has 0 heterocycles. The lowest BCUT2D eigenvalue weighted by atomic mass is 9.78. The van der Waals surface area contributed by atoms with Crippen LogP contribution in [0, 0.1) is 5.41 Å². The molecule has 1 rings (SSSR count). The van der Waals surface area contributed by atoms with Gasteiger partial charge >= 0.3 is 5.97 Å². The second-order valence-corrected chi connectivity index (χ2v) is 6.10. The Morgan fingerprint density at radius 3 is 2.24 bits per heavy atom.